The van der Waals surface area contributed by atoms with E-state index in [-0.39, 0.29) is 0 Å². The van der Waals surface area contributed by atoms with Crippen molar-refractivity contribution >= 4 is 23.2 Å². The highest BCUT2D eigenvalue weighted by atomic mass is 35.5. The molecular weight excluding hydrogens is 245 g/mol. The van der Waals surface area contributed by atoms with Gasteiger partial charge in [-0.3, -0.25) is 5.10 Å². The highest BCUT2D eigenvalue weighted by molar-refractivity contribution is 6.35. The molecular formula is C11H11Cl2N3. The topological polar surface area (TPSA) is 40.7 Å². The first kappa shape index (κ1) is 11.5. The first-order chi connectivity index (χ1) is 7.77. The summed E-state index contributed by atoms with van der Waals surface area (Å²) in [6.45, 7) is 1.35. The Hall–Kier alpha value is -1.03. The van der Waals surface area contributed by atoms with Crippen molar-refractivity contribution in [2.45, 2.75) is 13.1 Å². The van der Waals surface area contributed by atoms with Gasteiger partial charge in [-0.25, -0.2) is 0 Å². The highest BCUT2D eigenvalue weighted by Gasteiger charge is 2.04. The van der Waals surface area contributed by atoms with E-state index in [1.807, 2.05) is 24.3 Å². The van der Waals surface area contributed by atoms with Gasteiger partial charge < -0.3 is 5.32 Å². The molecule has 0 radical (unpaired) electrons. The van der Waals surface area contributed by atoms with Crippen LogP contribution in [0.2, 0.25) is 10.0 Å². The van der Waals surface area contributed by atoms with Crippen LogP contribution in [-0.4, -0.2) is 10.2 Å². The van der Waals surface area contributed by atoms with Crippen LogP contribution in [0.5, 0.6) is 0 Å². The Bertz CT molecular complexity index is 434. The minimum Gasteiger partial charge on any atom is -0.307 e. The lowest BCUT2D eigenvalue weighted by Gasteiger charge is -2.07. The summed E-state index contributed by atoms with van der Waals surface area (Å²) >= 11 is 12.1. The molecule has 0 unspecified atom stereocenters. The van der Waals surface area contributed by atoms with Gasteiger partial charge in [0.05, 0.1) is 0 Å². The van der Waals surface area contributed by atoms with Gasteiger partial charge in [-0.1, -0.05) is 29.3 Å². The molecule has 0 saturated heterocycles. The second-order valence-corrected chi connectivity index (χ2v) is 4.20. The summed E-state index contributed by atoms with van der Waals surface area (Å²) in [5.41, 5.74) is 1.95. The van der Waals surface area contributed by atoms with Gasteiger partial charge >= 0.3 is 0 Å². The fraction of sp³-hybridized carbons (Fsp3) is 0.182. The van der Waals surface area contributed by atoms with Crippen molar-refractivity contribution in [3.8, 4) is 0 Å². The van der Waals surface area contributed by atoms with Crippen molar-refractivity contribution < 1.29 is 0 Å². The molecule has 2 rings (SSSR count). The van der Waals surface area contributed by atoms with Crippen molar-refractivity contribution in [1.82, 2.24) is 15.5 Å². The fourth-order valence-electron chi connectivity index (χ4n) is 1.41. The average Bonchev–Trinajstić information content (AvgIpc) is 2.75. The number of hydrogen-bond donors (Lipinski definition) is 2. The molecule has 1 aromatic heterocycles. The summed E-state index contributed by atoms with van der Waals surface area (Å²) < 4.78 is 0. The Balaban J connectivity index is 1.95. The molecule has 1 heterocycles. The number of nitrogens with one attached hydrogen (secondary N) is 2. The van der Waals surface area contributed by atoms with E-state index < -0.39 is 0 Å². The monoisotopic (exact) mass is 255 g/mol. The SMILES string of the molecule is Clc1cccc(Cl)c1CNCc1ccn[nH]1. The number of rotatable bonds is 4. The summed E-state index contributed by atoms with van der Waals surface area (Å²) in [5.74, 6) is 0. The van der Waals surface area contributed by atoms with Gasteiger partial charge in [0.15, 0.2) is 0 Å². The smallest absolute Gasteiger partial charge is 0.0490 e. The molecule has 1 aromatic carbocycles. The third-order valence-corrected chi connectivity index (χ3v) is 2.95. The van der Waals surface area contributed by atoms with Gasteiger partial charge in [0.1, 0.15) is 0 Å². The van der Waals surface area contributed by atoms with Crippen molar-refractivity contribution in [2.75, 3.05) is 0 Å². The molecule has 2 N–H and O–H groups in total. The van der Waals surface area contributed by atoms with Crippen LogP contribution in [0.1, 0.15) is 11.3 Å². The zero-order chi connectivity index (χ0) is 11.4. The molecule has 0 aliphatic heterocycles. The third kappa shape index (κ3) is 2.76. The lowest BCUT2D eigenvalue weighted by atomic mass is 10.2. The molecule has 16 heavy (non-hydrogen) atoms. The van der Waals surface area contributed by atoms with Gasteiger partial charge in [0, 0.05) is 40.6 Å². The molecule has 3 nitrogen and oxygen atoms in total. The van der Waals surface area contributed by atoms with E-state index in [0.717, 1.165) is 11.3 Å². The standard InChI is InChI=1S/C11H11Cl2N3/c12-10-2-1-3-11(13)9(10)7-14-6-8-4-5-15-16-8/h1-5,14H,6-7H2,(H,15,16). The molecule has 0 saturated carbocycles. The van der Waals surface area contributed by atoms with E-state index in [1.165, 1.54) is 0 Å². The quantitative estimate of drug-likeness (QED) is 0.882. The molecule has 0 spiro atoms. The Labute approximate surface area is 104 Å². The molecule has 0 amide bonds. The molecule has 0 atom stereocenters. The largest absolute Gasteiger partial charge is 0.307 e. The number of aromatic nitrogens is 2. The Kier molecular flexibility index (Phi) is 3.83. The van der Waals surface area contributed by atoms with Crippen molar-refractivity contribution in [3.63, 3.8) is 0 Å². The number of aromatic amines is 1. The number of nitrogens with zero attached hydrogens (tertiary/aromatic N) is 1. The maximum atomic E-state index is 6.05. The number of hydrogen-bond acceptors (Lipinski definition) is 2. The maximum absolute atomic E-state index is 6.05. The molecule has 0 aliphatic rings. The number of H-pyrrole nitrogens is 1. The predicted molar refractivity (Wildman–Crippen MR) is 65.6 cm³/mol. The molecule has 0 aliphatic carbocycles. The van der Waals surface area contributed by atoms with Crippen LogP contribution >= 0.6 is 23.2 Å². The van der Waals surface area contributed by atoms with E-state index in [4.69, 9.17) is 23.2 Å². The van der Waals surface area contributed by atoms with Gasteiger partial charge in [-0.05, 0) is 18.2 Å². The van der Waals surface area contributed by atoms with Crippen molar-refractivity contribution in [1.29, 1.82) is 0 Å². The first-order valence-electron chi connectivity index (χ1n) is 4.89. The summed E-state index contributed by atoms with van der Waals surface area (Å²) in [5, 5.41) is 11.4. The zero-order valence-electron chi connectivity index (χ0n) is 8.50. The van der Waals surface area contributed by atoms with Crippen LogP contribution in [0.3, 0.4) is 0 Å². The van der Waals surface area contributed by atoms with E-state index in [1.54, 1.807) is 6.20 Å². The van der Waals surface area contributed by atoms with Crippen LogP contribution in [0.25, 0.3) is 0 Å². The second kappa shape index (κ2) is 5.34. The van der Waals surface area contributed by atoms with Crippen LogP contribution in [0.15, 0.2) is 30.5 Å². The Morgan fingerprint density at radius 2 is 1.88 bits per heavy atom. The summed E-state index contributed by atoms with van der Waals surface area (Å²) in [7, 11) is 0. The summed E-state index contributed by atoms with van der Waals surface area (Å²) in [6, 6.07) is 7.42. The minimum absolute atomic E-state index is 0.636. The average molecular weight is 256 g/mol. The minimum atomic E-state index is 0.636. The highest BCUT2D eigenvalue weighted by Crippen LogP contribution is 2.23. The Morgan fingerprint density at radius 3 is 2.50 bits per heavy atom. The second-order valence-electron chi connectivity index (χ2n) is 3.39. The molecule has 84 valence electrons. The first-order valence-corrected chi connectivity index (χ1v) is 5.65. The van der Waals surface area contributed by atoms with Gasteiger partial charge in [-0.2, -0.15) is 5.10 Å². The fourth-order valence-corrected chi connectivity index (χ4v) is 1.94. The van der Waals surface area contributed by atoms with Crippen molar-refractivity contribution in [2.24, 2.45) is 0 Å². The molecule has 0 fully saturated rings. The normalized spacial score (nSPS) is 10.6. The Morgan fingerprint density at radius 1 is 1.12 bits per heavy atom. The van der Waals surface area contributed by atoms with Crippen LogP contribution in [0, 0.1) is 0 Å². The predicted octanol–water partition coefficient (Wildman–Crippen LogP) is 3.01. The summed E-state index contributed by atoms with van der Waals surface area (Å²) in [6.07, 6.45) is 1.72. The maximum Gasteiger partial charge on any atom is 0.0490 e. The van der Waals surface area contributed by atoms with Crippen molar-refractivity contribution in [3.05, 3.63) is 51.8 Å². The van der Waals surface area contributed by atoms with Crippen LogP contribution < -0.4 is 5.32 Å². The third-order valence-electron chi connectivity index (χ3n) is 2.24. The lowest BCUT2D eigenvalue weighted by molar-refractivity contribution is 0.677. The number of benzene rings is 1. The number of halogens is 2. The zero-order valence-corrected chi connectivity index (χ0v) is 10.0. The van der Waals surface area contributed by atoms with E-state index >= 15 is 0 Å². The molecule has 2 aromatic rings. The van der Waals surface area contributed by atoms with Crippen LogP contribution in [-0.2, 0) is 13.1 Å². The van der Waals surface area contributed by atoms with Crippen LogP contribution in [0.4, 0.5) is 0 Å². The molecule has 0 bridgehead atoms. The van der Waals surface area contributed by atoms with E-state index in [2.05, 4.69) is 15.5 Å². The van der Waals surface area contributed by atoms with Gasteiger partial charge in [-0.15, -0.1) is 0 Å². The molecule has 5 heteroatoms. The van der Waals surface area contributed by atoms with Gasteiger partial charge in [0.25, 0.3) is 0 Å². The van der Waals surface area contributed by atoms with E-state index in [9.17, 15) is 0 Å². The summed E-state index contributed by atoms with van der Waals surface area (Å²) in [4.78, 5) is 0. The van der Waals surface area contributed by atoms with E-state index in [0.29, 0.717) is 23.1 Å². The van der Waals surface area contributed by atoms with Gasteiger partial charge in [0.2, 0.25) is 0 Å². The lowest BCUT2D eigenvalue weighted by Crippen LogP contribution is -2.13.